The number of carbonyl (C=O) groups is 1. The molecule has 4 rings (SSSR count). The third-order valence-electron chi connectivity index (χ3n) is 5.88. The molecule has 2 amide bonds. The highest BCUT2D eigenvalue weighted by molar-refractivity contribution is 7.90. The summed E-state index contributed by atoms with van der Waals surface area (Å²) in [5.74, 6) is 0.224. The Morgan fingerprint density at radius 2 is 1.60 bits per heavy atom. The van der Waals surface area contributed by atoms with Crippen molar-refractivity contribution in [3.8, 4) is 11.1 Å². The Hall–Kier alpha value is -4.83. The van der Waals surface area contributed by atoms with Crippen LogP contribution in [0.5, 0.6) is 0 Å². The van der Waals surface area contributed by atoms with Gasteiger partial charge >= 0.3 is 6.03 Å². The highest BCUT2D eigenvalue weighted by atomic mass is 32.2. The van der Waals surface area contributed by atoms with Gasteiger partial charge in [0.2, 0.25) is 0 Å². The molecule has 0 aliphatic heterocycles. The van der Waals surface area contributed by atoms with E-state index in [1.54, 1.807) is 66.7 Å². The van der Waals surface area contributed by atoms with Gasteiger partial charge in [-0.2, -0.15) is 0 Å². The minimum absolute atomic E-state index is 0.224. The minimum atomic E-state index is -3.40. The van der Waals surface area contributed by atoms with Crippen LogP contribution in [0.25, 0.3) is 11.1 Å². The second-order valence-electron chi connectivity index (χ2n) is 8.93. The molecule has 0 fully saturated rings. The fourth-order valence-corrected chi connectivity index (χ4v) is 4.88. The van der Waals surface area contributed by atoms with Crippen molar-refractivity contribution in [2.24, 2.45) is 10.9 Å². The van der Waals surface area contributed by atoms with Crippen molar-refractivity contribution in [2.45, 2.75) is 18.4 Å². The highest BCUT2D eigenvalue weighted by Gasteiger charge is 2.17. The van der Waals surface area contributed by atoms with E-state index < -0.39 is 15.9 Å². The summed E-state index contributed by atoms with van der Waals surface area (Å²) in [6.45, 7) is 2.49. The molecule has 0 radical (unpaired) electrons. The topological polar surface area (TPSA) is 126 Å². The number of benzene rings is 4. The standard InChI is InChI=1S/C30H31N5O4S/c1-3-39-34-29(31)24-12-9-13-26(20-24)33-35(21-22-10-5-4-6-11-22)30(36)32-25-18-16-23(17-19-25)27-14-7-8-15-28(27)40(2,37)38/h4-20,33H,3,21H2,1-2H3,(H2,31,34)(H,32,36). The van der Waals surface area contributed by atoms with Crippen molar-refractivity contribution in [3.05, 3.63) is 114 Å². The molecular formula is C30H31N5O4S. The fourth-order valence-electron chi connectivity index (χ4n) is 3.97. The normalized spacial score (nSPS) is 11.5. The number of hydrazine groups is 1. The van der Waals surface area contributed by atoms with Crippen LogP contribution in [0.2, 0.25) is 0 Å². The van der Waals surface area contributed by atoms with E-state index in [2.05, 4.69) is 15.9 Å². The lowest BCUT2D eigenvalue weighted by atomic mass is 10.1. The molecule has 0 aromatic heterocycles. The maximum Gasteiger partial charge on any atom is 0.340 e. The van der Waals surface area contributed by atoms with Gasteiger partial charge in [0.1, 0.15) is 6.61 Å². The van der Waals surface area contributed by atoms with Crippen LogP contribution in [-0.4, -0.2) is 38.2 Å². The molecule has 206 valence electrons. The summed E-state index contributed by atoms with van der Waals surface area (Å²) in [6.07, 6.45) is 1.19. The first kappa shape index (κ1) is 28.2. The van der Waals surface area contributed by atoms with Crippen molar-refractivity contribution in [3.63, 3.8) is 0 Å². The van der Waals surface area contributed by atoms with Gasteiger partial charge in [-0.05, 0) is 48.4 Å². The number of hydrogen-bond donors (Lipinski definition) is 3. The van der Waals surface area contributed by atoms with Gasteiger partial charge in [0, 0.05) is 23.1 Å². The number of anilines is 2. The van der Waals surface area contributed by atoms with Gasteiger partial charge in [-0.3, -0.25) is 5.43 Å². The van der Waals surface area contributed by atoms with Crippen molar-refractivity contribution < 1.29 is 18.0 Å². The second-order valence-corrected chi connectivity index (χ2v) is 10.9. The Balaban J connectivity index is 1.55. The van der Waals surface area contributed by atoms with Gasteiger partial charge in [-0.1, -0.05) is 78.0 Å². The van der Waals surface area contributed by atoms with Crippen molar-refractivity contribution in [2.75, 3.05) is 23.6 Å². The molecule has 0 unspecified atom stereocenters. The second kappa shape index (κ2) is 12.8. The predicted octanol–water partition coefficient (Wildman–Crippen LogP) is 5.48. The quantitative estimate of drug-likeness (QED) is 0.135. The number of oxime groups is 1. The average Bonchev–Trinajstić information content (AvgIpc) is 2.96. The monoisotopic (exact) mass is 557 g/mol. The zero-order valence-corrected chi connectivity index (χ0v) is 23.1. The molecular weight excluding hydrogens is 526 g/mol. The molecule has 0 spiro atoms. The maximum atomic E-state index is 13.4. The molecule has 9 nitrogen and oxygen atoms in total. The number of carbonyl (C=O) groups excluding carboxylic acids is 1. The third-order valence-corrected chi connectivity index (χ3v) is 7.03. The molecule has 0 heterocycles. The van der Waals surface area contributed by atoms with E-state index in [9.17, 15) is 13.2 Å². The zero-order chi connectivity index (χ0) is 28.5. The Labute approximate surface area is 234 Å². The first-order valence-corrected chi connectivity index (χ1v) is 14.5. The van der Waals surface area contributed by atoms with E-state index in [0.29, 0.717) is 29.1 Å². The molecule has 10 heteroatoms. The molecule has 0 aliphatic rings. The first-order valence-electron chi connectivity index (χ1n) is 12.6. The SMILES string of the molecule is CCO/N=C(\N)c1cccc(NN(Cc2ccccc2)C(=O)Nc2ccc(-c3ccccc3S(C)(=O)=O)cc2)c1. The van der Waals surface area contributed by atoms with Gasteiger partial charge in [0.15, 0.2) is 15.7 Å². The van der Waals surface area contributed by atoms with Crippen LogP contribution in [0.15, 0.2) is 113 Å². The number of rotatable bonds is 10. The fraction of sp³-hybridized carbons (Fsp3) is 0.133. The maximum absolute atomic E-state index is 13.4. The van der Waals surface area contributed by atoms with Crippen LogP contribution < -0.4 is 16.5 Å². The molecule has 0 atom stereocenters. The zero-order valence-electron chi connectivity index (χ0n) is 22.2. The van der Waals surface area contributed by atoms with Crippen LogP contribution in [0, 0.1) is 0 Å². The summed E-state index contributed by atoms with van der Waals surface area (Å²) in [4.78, 5) is 18.7. The number of nitrogens with zero attached hydrogens (tertiary/aromatic N) is 2. The van der Waals surface area contributed by atoms with E-state index in [4.69, 9.17) is 10.6 Å². The predicted molar refractivity (Wildman–Crippen MR) is 158 cm³/mol. The lowest BCUT2D eigenvalue weighted by molar-refractivity contribution is 0.158. The van der Waals surface area contributed by atoms with Crippen molar-refractivity contribution in [1.29, 1.82) is 0 Å². The molecule has 0 aliphatic carbocycles. The third kappa shape index (κ3) is 7.39. The van der Waals surface area contributed by atoms with Crippen LogP contribution in [-0.2, 0) is 21.2 Å². The highest BCUT2D eigenvalue weighted by Crippen LogP contribution is 2.28. The number of amidine groups is 1. The molecule has 0 saturated carbocycles. The molecule has 0 saturated heterocycles. The smallest absolute Gasteiger partial charge is 0.340 e. The summed E-state index contributed by atoms with van der Waals surface area (Å²) < 4.78 is 24.5. The lowest BCUT2D eigenvalue weighted by Gasteiger charge is -2.25. The van der Waals surface area contributed by atoms with Crippen LogP contribution in [0.4, 0.5) is 16.2 Å². The average molecular weight is 558 g/mol. The number of nitrogens with two attached hydrogens (primary N) is 1. The summed E-state index contributed by atoms with van der Waals surface area (Å²) in [7, 11) is -3.40. The molecule has 4 aromatic rings. The van der Waals surface area contributed by atoms with Crippen molar-refractivity contribution >= 4 is 33.1 Å². The molecule has 4 N–H and O–H groups in total. The van der Waals surface area contributed by atoms with Gasteiger partial charge in [-0.15, -0.1) is 0 Å². The molecule has 0 bridgehead atoms. The Kier molecular flexibility index (Phi) is 9.03. The number of nitrogens with one attached hydrogen (secondary N) is 2. The van der Waals surface area contributed by atoms with E-state index in [0.717, 1.165) is 11.1 Å². The van der Waals surface area contributed by atoms with E-state index in [1.807, 2.05) is 43.3 Å². The first-order chi connectivity index (χ1) is 19.2. The molecule has 40 heavy (non-hydrogen) atoms. The van der Waals surface area contributed by atoms with E-state index in [1.165, 1.54) is 11.3 Å². The van der Waals surface area contributed by atoms with Gasteiger partial charge in [0.05, 0.1) is 17.1 Å². The summed E-state index contributed by atoms with van der Waals surface area (Å²) >= 11 is 0. The van der Waals surface area contributed by atoms with E-state index >= 15 is 0 Å². The number of urea groups is 1. The minimum Gasteiger partial charge on any atom is -0.394 e. The number of sulfone groups is 1. The Morgan fingerprint density at radius 1 is 0.900 bits per heavy atom. The van der Waals surface area contributed by atoms with Crippen molar-refractivity contribution in [1.82, 2.24) is 5.01 Å². The van der Waals surface area contributed by atoms with Gasteiger partial charge in [0.25, 0.3) is 0 Å². The van der Waals surface area contributed by atoms with Crippen LogP contribution >= 0.6 is 0 Å². The summed E-state index contributed by atoms with van der Waals surface area (Å²) in [5, 5.41) is 8.24. The molecule has 4 aromatic carbocycles. The lowest BCUT2D eigenvalue weighted by Crippen LogP contribution is -2.39. The Morgan fingerprint density at radius 3 is 2.30 bits per heavy atom. The summed E-state index contributed by atoms with van der Waals surface area (Å²) in [5.41, 5.74) is 13.3. The van der Waals surface area contributed by atoms with E-state index in [-0.39, 0.29) is 17.3 Å². The van der Waals surface area contributed by atoms with Gasteiger partial charge in [-0.25, -0.2) is 18.2 Å². The Bertz CT molecular complexity index is 1590. The largest absolute Gasteiger partial charge is 0.394 e. The summed E-state index contributed by atoms with van der Waals surface area (Å²) in [6, 6.07) is 30.2. The van der Waals surface area contributed by atoms with Crippen LogP contribution in [0.1, 0.15) is 18.1 Å². The van der Waals surface area contributed by atoms with Gasteiger partial charge < -0.3 is 15.9 Å². The number of amides is 2. The number of hydrogen-bond acceptors (Lipinski definition) is 6. The van der Waals surface area contributed by atoms with Crippen LogP contribution in [0.3, 0.4) is 0 Å².